The summed E-state index contributed by atoms with van der Waals surface area (Å²) in [6, 6.07) is 7.75. The highest BCUT2D eigenvalue weighted by molar-refractivity contribution is 6.30. The molecule has 1 aromatic carbocycles. The molecule has 1 aromatic rings. The van der Waals surface area contributed by atoms with Gasteiger partial charge in [-0.15, -0.1) is 0 Å². The van der Waals surface area contributed by atoms with Crippen molar-refractivity contribution in [3.8, 4) is 0 Å². The molecule has 0 atom stereocenters. The highest BCUT2D eigenvalue weighted by Gasteiger charge is 2.38. The van der Waals surface area contributed by atoms with Crippen molar-refractivity contribution in [2.24, 2.45) is 11.3 Å². The minimum absolute atomic E-state index is 0.177. The van der Waals surface area contributed by atoms with Gasteiger partial charge in [-0.3, -0.25) is 0 Å². The third kappa shape index (κ3) is 3.67. The zero-order valence-electron chi connectivity index (χ0n) is 12.7. The molecule has 1 aliphatic carbocycles. The second-order valence-electron chi connectivity index (χ2n) is 7.21. The molecule has 2 nitrogen and oxygen atoms in total. The summed E-state index contributed by atoms with van der Waals surface area (Å²) in [6.45, 7) is 7.12. The van der Waals surface area contributed by atoms with E-state index < -0.39 is 0 Å². The van der Waals surface area contributed by atoms with Gasteiger partial charge in [-0.1, -0.05) is 38.4 Å². The summed E-state index contributed by atoms with van der Waals surface area (Å²) >= 11 is 6.03. The van der Waals surface area contributed by atoms with Gasteiger partial charge >= 0.3 is 0 Å². The van der Waals surface area contributed by atoms with Crippen molar-refractivity contribution in [1.82, 2.24) is 0 Å². The van der Waals surface area contributed by atoms with Crippen molar-refractivity contribution >= 4 is 17.3 Å². The highest BCUT2D eigenvalue weighted by Crippen LogP contribution is 2.42. The van der Waals surface area contributed by atoms with Crippen molar-refractivity contribution in [3.05, 3.63) is 29.3 Å². The minimum atomic E-state index is -0.188. The zero-order chi connectivity index (χ0) is 14.8. The molecule has 0 amide bonds. The minimum Gasteiger partial charge on any atom is -0.394 e. The topological polar surface area (TPSA) is 32.3 Å². The lowest BCUT2D eigenvalue weighted by Crippen LogP contribution is -2.46. The molecule has 0 bridgehead atoms. The molecule has 1 aliphatic rings. The van der Waals surface area contributed by atoms with Crippen molar-refractivity contribution < 1.29 is 5.11 Å². The maximum atomic E-state index is 9.87. The molecule has 20 heavy (non-hydrogen) atoms. The quantitative estimate of drug-likeness (QED) is 0.846. The molecule has 0 unspecified atom stereocenters. The van der Waals surface area contributed by atoms with Crippen molar-refractivity contribution in [1.29, 1.82) is 0 Å². The van der Waals surface area contributed by atoms with Crippen molar-refractivity contribution in [2.75, 3.05) is 11.9 Å². The Kier molecular flexibility index (Phi) is 4.66. The normalized spacial score (nSPS) is 27.4. The maximum absolute atomic E-state index is 9.87. The van der Waals surface area contributed by atoms with Crippen LogP contribution < -0.4 is 5.32 Å². The molecule has 112 valence electrons. The van der Waals surface area contributed by atoms with Gasteiger partial charge in [-0.2, -0.15) is 0 Å². The summed E-state index contributed by atoms with van der Waals surface area (Å²) in [5.41, 5.74) is 1.17. The fraction of sp³-hybridized carbons (Fsp3) is 0.647. The first-order chi connectivity index (χ1) is 9.35. The monoisotopic (exact) mass is 295 g/mol. The molecular formula is C17H26ClNO. The first kappa shape index (κ1) is 15.7. The van der Waals surface area contributed by atoms with E-state index in [1.807, 2.05) is 24.3 Å². The van der Waals surface area contributed by atoms with E-state index in [1.165, 1.54) is 0 Å². The summed E-state index contributed by atoms with van der Waals surface area (Å²) in [5.74, 6) is 0.739. The number of halogens is 1. The van der Waals surface area contributed by atoms with Crippen LogP contribution in [0.3, 0.4) is 0 Å². The average molecular weight is 296 g/mol. The van der Waals surface area contributed by atoms with Crippen LogP contribution >= 0.6 is 11.6 Å². The molecular weight excluding hydrogens is 270 g/mol. The van der Waals surface area contributed by atoms with E-state index >= 15 is 0 Å². The second-order valence-corrected chi connectivity index (χ2v) is 7.65. The number of nitrogens with one attached hydrogen (secondary N) is 1. The van der Waals surface area contributed by atoms with E-state index in [0.29, 0.717) is 5.41 Å². The molecule has 0 spiro atoms. The predicted octanol–water partition coefficient (Wildman–Crippen LogP) is 4.72. The number of hydrogen-bond donors (Lipinski definition) is 2. The summed E-state index contributed by atoms with van der Waals surface area (Å²) in [5, 5.41) is 14.1. The fourth-order valence-electron chi connectivity index (χ4n) is 3.23. The Labute approximate surface area is 127 Å². The van der Waals surface area contributed by atoms with Crippen LogP contribution in [0.15, 0.2) is 24.3 Å². The first-order valence-electron chi connectivity index (χ1n) is 7.49. The van der Waals surface area contributed by atoms with E-state index in [4.69, 9.17) is 11.6 Å². The SMILES string of the molecule is CC(C)(C)C1CCC(CO)(Nc2cccc(Cl)c2)CC1. The molecule has 0 radical (unpaired) electrons. The number of anilines is 1. The number of rotatable bonds is 3. The Morgan fingerprint density at radius 1 is 1.30 bits per heavy atom. The molecule has 1 saturated carbocycles. The molecule has 0 aromatic heterocycles. The molecule has 0 saturated heterocycles. The Bertz CT molecular complexity index is 445. The van der Waals surface area contributed by atoms with Gasteiger partial charge in [0, 0.05) is 10.7 Å². The molecule has 0 aliphatic heterocycles. The lowest BCUT2D eigenvalue weighted by molar-refractivity contribution is 0.104. The van der Waals surface area contributed by atoms with Gasteiger partial charge in [0.1, 0.15) is 0 Å². The van der Waals surface area contributed by atoms with E-state index in [9.17, 15) is 5.11 Å². The predicted molar refractivity (Wildman–Crippen MR) is 86.3 cm³/mol. The maximum Gasteiger partial charge on any atom is 0.0661 e. The number of hydrogen-bond acceptors (Lipinski definition) is 2. The lowest BCUT2D eigenvalue weighted by atomic mass is 9.67. The van der Waals surface area contributed by atoms with Crippen LogP contribution in [-0.2, 0) is 0 Å². The van der Waals surface area contributed by atoms with Crippen LogP contribution in [0.1, 0.15) is 46.5 Å². The number of aliphatic hydroxyl groups excluding tert-OH is 1. The van der Waals surface area contributed by atoms with Crippen LogP contribution in [0.5, 0.6) is 0 Å². The van der Waals surface area contributed by atoms with Gasteiger partial charge in [0.2, 0.25) is 0 Å². The molecule has 3 heteroatoms. The van der Waals surface area contributed by atoms with Gasteiger partial charge in [-0.05, 0) is 55.2 Å². The fourth-order valence-corrected chi connectivity index (χ4v) is 3.42. The standard InChI is InChI=1S/C17H26ClNO/c1-16(2,3)13-7-9-17(12-20,10-8-13)19-15-6-4-5-14(18)11-15/h4-6,11,13,19-20H,7-10,12H2,1-3H3. The van der Waals surface area contributed by atoms with E-state index in [1.54, 1.807) is 0 Å². The molecule has 2 N–H and O–H groups in total. The number of aliphatic hydroxyl groups is 1. The van der Waals surface area contributed by atoms with E-state index in [2.05, 4.69) is 26.1 Å². The van der Waals surface area contributed by atoms with Crippen LogP contribution in [0.4, 0.5) is 5.69 Å². The Balaban J connectivity index is 2.05. The van der Waals surface area contributed by atoms with Gasteiger partial charge in [-0.25, -0.2) is 0 Å². The van der Waals surface area contributed by atoms with Gasteiger partial charge < -0.3 is 10.4 Å². The summed E-state index contributed by atoms with van der Waals surface area (Å²) in [7, 11) is 0. The Morgan fingerprint density at radius 2 is 1.95 bits per heavy atom. The third-order valence-corrected chi connectivity index (χ3v) is 4.94. The first-order valence-corrected chi connectivity index (χ1v) is 7.87. The summed E-state index contributed by atoms with van der Waals surface area (Å²) in [4.78, 5) is 0. The van der Waals surface area contributed by atoms with Crippen molar-refractivity contribution in [2.45, 2.75) is 52.0 Å². The zero-order valence-corrected chi connectivity index (χ0v) is 13.5. The number of benzene rings is 1. The third-order valence-electron chi connectivity index (χ3n) is 4.70. The van der Waals surface area contributed by atoms with Gasteiger partial charge in [0.25, 0.3) is 0 Å². The molecule has 0 heterocycles. The van der Waals surface area contributed by atoms with E-state index in [-0.39, 0.29) is 12.1 Å². The van der Waals surface area contributed by atoms with Gasteiger partial charge in [0.15, 0.2) is 0 Å². The largest absolute Gasteiger partial charge is 0.394 e. The molecule has 2 rings (SSSR count). The summed E-state index contributed by atoms with van der Waals surface area (Å²) in [6.07, 6.45) is 4.35. The van der Waals surface area contributed by atoms with Crippen molar-refractivity contribution in [3.63, 3.8) is 0 Å². The van der Waals surface area contributed by atoms with Crippen LogP contribution in [-0.4, -0.2) is 17.3 Å². The second kappa shape index (κ2) is 5.95. The Hall–Kier alpha value is -0.730. The lowest BCUT2D eigenvalue weighted by Gasteiger charge is -2.44. The molecule has 1 fully saturated rings. The smallest absolute Gasteiger partial charge is 0.0661 e. The Morgan fingerprint density at radius 3 is 2.45 bits per heavy atom. The van der Waals surface area contributed by atoms with Gasteiger partial charge in [0.05, 0.1) is 12.1 Å². The van der Waals surface area contributed by atoms with Crippen LogP contribution in [0.2, 0.25) is 5.02 Å². The van der Waals surface area contributed by atoms with E-state index in [0.717, 1.165) is 42.3 Å². The summed E-state index contributed by atoms with van der Waals surface area (Å²) < 4.78 is 0. The van der Waals surface area contributed by atoms with Crippen LogP contribution in [0.25, 0.3) is 0 Å². The van der Waals surface area contributed by atoms with Crippen LogP contribution in [0, 0.1) is 11.3 Å². The highest BCUT2D eigenvalue weighted by atomic mass is 35.5. The average Bonchev–Trinajstić information content (AvgIpc) is 2.38.